The zero-order chi connectivity index (χ0) is 18.5. The van der Waals surface area contributed by atoms with Crippen molar-refractivity contribution in [3.63, 3.8) is 0 Å². The lowest BCUT2D eigenvalue weighted by molar-refractivity contribution is 0.0969. The second-order valence-corrected chi connectivity index (χ2v) is 6.56. The molecule has 0 saturated heterocycles. The Morgan fingerprint density at radius 3 is 2.35 bits per heavy atom. The van der Waals surface area contributed by atoms with Gasteiger partial charge in [-0.15, -0.1) is 0 Å². The van der Waals surface area contributed by atoms with Gasteiger partial charge in [-0.25, -0.2) is 4.79 Å². The summed E-state index contributed by atoms with van der Waals surface area (Å²) in [6.45, 7) is 2.57. The molecule has 2 aromatic carbocycles. The van der Waals surface area contributed by atoms with E-state index in [0.29, 0.717) is 12.4 Å². The average Bonchev–Trinajstić information content (AvgIpc) is 2.67. The SMILES string of the molecule is CCCCc1ccccc1OC(=O)OCCCCCCc1ccccc1. The van der Waals surface area contributed by atoms with Gasteiger partial charge in [-0.3, -0.25) is 0 Å². The van der Waals surface area contributed by atoms with Gasteiger partial charge in [0.1, 0.15) is 5.75 Å². The highest BCUT2D eigenvalue weighted by molar-refractivity contribution is 5.64. The Hall–Kier alpha value is -2.29. The Morgan fingerprint density at radius 2 is 1.54 bits per heavy atom. The van der Waals surface area contributed by atoms with Crippen molar-refractivity contribution >= 4 is 6.16 Å². The third-order valence-corrected chi connectivity index (χ3v) is 4.39. The van der Waals surface area contributed by atoms with Crippen LogP contribution in [-0.4, -0.2) is 12.8 Å². The van der Waals surface area contributed by atoms with Gasteiger partial charge in [-0.2, -0.15) is 0 Å². The van der Waals surface area contributed by atoms with Gasteiger partial charge in [0, 0.05) is 0 Å². The first kappa shape index (κ1) is 20.0. The molecule has 0 atom stereocenters. The molecule has 2 rings (SSSR count). The highest BCUT2D eigenvalue weighted by Gasteiger charge is 2.09. The van der Waals surface area contributed by atoms with Crippen molar-refractivity contribution in [3.05, 3.63) is 65.7 Å². The van der Waals surface area contributed by atoms with E-state index in [1.54, 1.807) is 0 Å². The molecular formula is C23H30O3. The van der Waals surface area contributed by atoms with Gasteiger partial charge < -0.3 is 9.47 Å². The van der Waals surface area contributed by atoms with E-state index in [4.69, 9.17) is 9.47 Å². The van der Waals surface area contributed by atoms with Crippen molar-refractivity contribution in [3.8, 4) is 5.75 Å². The zero-order valence-electron chi connectivity index (χ0n) is 15.8. The molecular weight excluding hydrogens is 324 g/mol. The van der Waals surface area contributed by atoms with E-state index >= 15 is 0 Å². The summed E-state index contributed by atoms with van der Waals surface area (Å²) in [5.74, 6) is 0.619. The minimum absolute atomic E-state index is 0.418. The number of carbonyl (C=O) groups is 1. The fourth-order valence-corrected chi connectivity index (χ4v) is 2.88. The maximum absolute atomic E-state index is 11.9. The Labute approximate surface area is 157 Å². The van der Waals surface area contributed by atoms with E-state index in [0.717, 1.165) is 50.5 Å². The number of benzene rings is 2. The van der Waals surface area contributed by atoms with Crippen LogP contribution in [0.2, 0.25) is 0 Å². The fraction of sp³-hybridized carbons (Fsp3) is 0.435. The number of para-hydroxylation sites is 1. The molecule has 3 heteroatoms. The molecule has 0 aliphatic carbocycles. The summed E-state index contributed by atoms with van der Waals surface area (Å²) >= 11 is 0. The lowest BCUT2D eigenvalue weighted by Gasteiger charge is -2.10. The molecule has 0 saturated carbocycles. The summed E-state index contributed by atoms with van der Waals surface area (Å²) in [5.41, 5.74) is 2.45. The van der Waals surface area contributed by atoms with Gasteiger partial charge >= 0.3 is 6.16 Å². The third kappa shape index (κ3) is 7.73. The topological polar surface area (TPSA) is 35.5 Å². The highest BCUT2D eigenvalue weighted by atomic mass is 16.7. The molecule has 0 amide bonds. The molecule has 0 aliphatic heterocycles. The molecule has 26 heavy (non-hydrogen) atoms. The maximum atomic E-state index is 11.9. The third-order valence-electron chi connectivity index (χ3n) is 4.39. The van der Waals surface area contributed by atoms with Gasteiger partial charge in [0.2, 0.25) is 0 Å². The second kappa shape index (κ2) is 12.1. The van der Waals surface area contributed by atoms with Crippen LogP contribution >= 0.6 is 0 Å². The van der Waals surface area contributed by atoms with Gasteiger partial charge in [0.05, 0.1) is 6.61 Å². The first-order chi connectivity index (χ1) is 12.8. The predicted molar refractivity (Wildman–Crippen MR) is 106 cm³/mol. The molecule has 0 aromatic heterocycles. The predicted octanol–water partition coefficient (Wildman–Crippen LogP) is 6.35. The minimum atomic E-state index is -0.599. The number of ether oxygens (including phenoxy) is 2. The van der Waals surface area contributed by atoms with Crippen LogP contribution in [0.5, 0.6) is 5.75 Å². The van der Waals surface area contributed by atoms with Crippen LogP contribution in [0.4, 0.5) is 4.79 Å². The molecule has 0 spiro atoms. The molecule has 0 aliphatic rings. The number of hydrogen-bond acceptors (Lipinski definition) is 3. The fourth-order valence-electron chi connectivity index (χ4n) is 2.88. The van der Waals surface area contributed by atoms with Gasteiger partial charge in [-0.05, 0) is 49.3 Å². The van der Waals surface area contributed by atoms with Crippen molar-refractivity contribution in [1.29, 1.82) is 0 Å². The van der Waals surface area contributed by atoms with E-state index in [-0.39, 0.29) is 0 Å². The molecule has 0 fully saturated rings. The summed E-state index contributed by atoms with van der Waals surface area (Å²) in [5, 5.41) is 0. The molecule has 0 N–H and O–H groups in total. The molecule has 3 nitrogen and oxygen atoms in total. The van der Waals surface area contributed by atoms with Crippen LogP contribution < -0.4 is 4.74 Å². The lowest BCUT2D eigenvalue weighted by atomic mass is 10.1. The van der Waals surface area contributed by atoms with Crippen LogP contribution in [0.25, 0.3) is 0 Å². The number of hydrogen-bond donors (Lipinski definition) is 0. The van der Waals surface area contributed by atoms with E-state index in [1.165, 1.54) is 12.0 Å². The maximum Gasteiger partial charge on any atom is 0.513 e. The number of aryl methyl sites for hydroxylation is 2. The molecule has 0 radical (unpaired) electrons. The van der Waals surface area contributed by atoms with Crippen LogP contribution in [0.3, 0.4) is 0 Å². The summed E-state index contributed by atoms with van der Waals surface area (Å²) in [4.78, 5) is 11.9. The largest absolute Gasteiger partial charge is 0.513 e. The molecule has 0 heterocycles. The molecule has 0 unspecified atom stereocenters. The number of rotatable bonds is 11. The minimum Gasteiger partial charge on any atom is -0.434 e. The first-order valence-electron chi connectivity index (χ1n) is 9.76. The summed E-state index contributed by atoms with van der Waals surface area (Å²) in [6.07, 6.45) is 7.88. The van der Waals surface area contributed by atoms with Crippen LogP contribution in [0.15, 0.2) is 54.6 Å². The molecule has 2 aromatic rings. The number of unbranched alkanes of at least 4 members (excludes halogenated alkanes) is 4. The van der Waals surface area contributed by atoms with Crippen LogP contribution in [-0.2, 0) is 17.6 Å². The first-order valence-corrected chi connectivity index (χ1v) is 9.76. The summed E-state index contributed by atoms with van der Waals surface area (Å²) < 4.78 is 10.6. The average molecular weight is 354 g/mol. The summed E-state index contributed by atoms with van der Waals surface area (Å²) in [7, 11) is 0. The van der Waals surface area contributed by atoms with Crippen molar-refractivity contribution < 1.29 is 14.3 Å². The van der Waals surface area contributed by atoms with Crippen LogP contribution in [0.1, 0.15) is 56.6 Å². The highest BCUT2D eigenvalue weighted by Crippen LogP contribution is 2.20. The van der Waals surface area contributed by atoms with E-state index in [9.17, 15) is 4.79 Å². The Balaban J connectivity index is 1.58. The van der Waals surface area contributed by atoms with Gasteiger partial charge in [0.25, 0.3) is 0 Å². The molecule has 140 valence electrons. The van der Waals surface area contributed by atoms with Gasteiger partial charge in [-0.1, -0.05) is 74.7 Å². The van der Waals surface area contributed by atoms with E-state index < -0.39 is 6.16 Å². The normalized spacial score (nSPS) is 10.5. The monoisotopic (exact) mass is 354 g/mol. The van der Waals surface area contributed by atoms with Crippen molar-refractivity contribution in [2.24, 2.45) is 0 Å². The van der Waals surface area contributed by atoms with Crippen molar-refractivity contribution in [1.82, 2.24) is 0 Å². The Morgan fingerprint density at radius 1 is 0.808 bits per heavy atom. The standard InChI is InChI=1S/C23H30O3/c1-2-3-16-21-17-10-11-18-22(21)26-23(24)25-19-12-5-4-7-13-20-14-8-6-9-15-20/h6,8-11,14-15,17-18H,2-5,7,12-13,16,19H2,1H3. The van der Waals surface area contributed by atoms with E-state index in [1.807, 2.05) is 30.3 Å². The Kier molecular flexibility index (Phi) is 9.34. The molecule has 0 bridgehead atoms. The smallest absolute Gasteiger partial charge is 0.434 e. The zero-order valence-corrected chi connectivity index (χ0v) is 15.8. The number of carbonyl (C=O) groups excluding carboxylic acids is 1. The van der Waals surface area contributed by atoms with E-state index in [2.05, 4.69) is 31.2 Å². The lowest BCUT2D eigenvalue weighted by Crippen LogP contribution is -2.12. The van der Waals surface area contributed by atoms with Crippen molar-refractivity contribution in [2.75, 3.05) is 6.61 Å². The van der Waals surface area contributed by atoms with Crippen LogP contribution in [0, 0.1) is 0 Å². The quantitative estimate of drug-likeness (QED) is 0.268. The summed E-state index contributed by atoms with van der Waals surface area (Å²) in [6, 6.07) is 18.2. The second-order valence-electron chi connectivity index (χ2n) is 6.56. The Bertz CT molecular complexity index is 637. The van der Waals surface area contributed by atoms with Gasteiger partial charge in [0.15, 0.2) is 0 Å². The van der Waals surface area contributed by atoms with Crippen molar-refractivity contribution in [2.45, 2.75) is 58.3 Å².